The van der Waals surface area contributed by atoms with Crippen molar-refractivity contribution in [2.45, 2.75) is 0 Å². The number of rotatable bonds is 5. The van der Waals surface area contributed by atoms with Crippen molar-refractivity contribution >= 4 is 5.91 Å². The Bertz CT molecular complexity index is 419. The zero-order chi connectivity index (χ0) is 12.7. The number of ether oxygens (including phenoxy) is 1. The summed E-state index contributed by atoms with van der Waals surface area (Å²) in [4.78, 5) is 11.6. The summed E-state index contributed by atoms with van der Waals surface area (Å²) >= 11 is 0. The van der Waals surface area contributed by atoms with Gasteiger partial charge in [0.2, 0.25) is 0 Å². The van der Waals surface area contributed by atoms with Gasteiger partial charge in [0.15, 0.2) is 11.6 Å². The molecule has 0 bridgehead atoms. The Labute approximate surface area is 99.3 Å². The fourth-order valence-electron chi connectivity index (χ4n) is 1.24. The molecule has 92 valence electrons. The van der Waals surface area contributed by atoms with Gasteiger partial charge in [0, 0.05) is 18.7 Å². The zero-order valence-corrected chi connectivity index (χ0v) is 9.57. The molecule has 0 aliphatic heterocycles. The monoisotopic (exact) mass is 238 g/mol. The highest BCUT2D eigenvalue weighted by molar-refractivity contribution is 5.94. The number of hydrogen-bond donors (Lipinski definition) is 2. The number of amides is 1. The maximum absolute atomic E-state index is 13.3. The number of carbonyl (C=O) groups excluding carboxylic acids is 1. The van der Waals surface area contributed by atoms with Crippen LogP contribution in [0.3, 0.4) is 0 Å². The summed E-state index contributed by atoms with van der Waals surface area (Å²) in [5.74, 6) is -0.782. The molecule has 4 nitrogen and oxygen atoms in total. The van der Waals surface area contributed by atoms with Gasteiger partial charge < -0.3 is 15.8 Å². The summed E-state index contributed by atoms with van der Waals surface area (Å²) < 4.78 is 18.1. The maximum atomic E-state index is 13.3. The SMILES string of the molecule is COc1ccc(C(=O)NC/C=C/CN)cc1F. The molecule has 0 aromatic heterocycles. The molecular formula is C12H15FN2O2. The van der Waals surface area contributed by atoms with Gasteiger partial charge in [-0.15, -0.1) is 0 Å². The molecule has 0 spiro atoms. The number of nitrogens with one attached hydrogen (secondary N) is 1. The minimum absolute atomic E-state index is 0.115. The molecule has 1 aromatic rings. The van der Waals surface area contributed by atoms with Crippen LogP contribution in [-0.2, 0) is 0 Å². The number of halogens is 1. The Morgan fingerprint density at radius 1 is 1.53 bits per heavy atom. The highest BCUT2D eigenvalue weighted by atomic mass is 19.1. The number of hydrogen-bond acceptors (Lipinski definition) is 3. The molecule has 0 aliphatic carbocycles. The normalized spacial score (nSPS) is 10.5. The molecule has 1 aromatic carbocycles. The summed E-state index contributed by atoms with van der Waals surface area (Å²) in [6.45, 7) is 0.788. The lowest BCUT2D eigenvalue weighted by molar-refractivity contribution is 0.0957. The zero-order valence-electron chi connectivity index (χ0n) is 9.57. The molecule has 1 amide bonds. The topological polar surface area (TPSA) is 64.3 Å². The molecule has 5 heteroatoms. The number of benzene rings is 1. The van der Waals surface area contributed by atoms with Crippen molar-refractivity contribution in [2.75, 3.05) is 20.2 Å². The Balaban J connectivity index is 2.63. The lowest BCUT2D eigenvalue weighted by Gasteiger charge is -2.05. The summed E-state index contributed by atoms with van der Waals surface area (Å²) in [5, 5.41) is 2.61. The molecular weight excluding hydrogens is 223 g/mol. The Morgan fingerprint density at radius 3 is 2.88 bits per heavy atom. The van der Waals surface area contributed by atoms with Crippen LogP contribution < -0.4 is 15.8 Å². The van der Waals surface area contributed by atoms with Crippen LogP contribution in [-0.4, -0.2) is 26.1 Å². The van der Waals surface area contributed by atoms with E-state index in [4.69, 9.17) is 10.5 Å². The van der Waals surface area contributed by atoms with Gasteiger partial charge in [-0.3, -0.25) is 4.79 Å². The van der Waals surface area contributed by atoms with E-state index in [0.29, 0.717) is 13.1 Å². The van der Waals surface area contributed by atoms with Gasteiger partial charge in [0.05, 0.1) is 7.11 Å². The van der Waals surface area contributed by atoms with E-state index in [-0.39, 0.29) is 17.2 Å². The van der Waals surface area contributed by atoms with Gasteiger partial charge in [-0.05, 0) is 18.2 Å². The van der Waals surface area contributed by atoms with Crippen molar-refractivity contribution < 1.29 is 13.9 Å². The van der Waals surface area contributed by atoms with Crippen molar-refractivity contribution in [1.29, 1.82) is 0 Å². The number of carbonyl (C=O) groups is 1. The van der Waals surface area contributed by atoms with Crippen molar-refractivity contribution in [3.05, 3.63) is 41.7 Å². The second kappa shape index (κ2) is 6.65. The van der Waals surface area contributed by atoms with E-state index in [1.54, 1.807) is 12.2 Å². The third kappa shape index (κ3) is 3.88. The molecule has 1 rings (SSSR count). The van der Waals surface area contributed by atoms with Crippen molar-refractivity contribution in [2.24, 2.45) is 5.73 Å². The van der Waals surface area contributed by atoms with Gasteiger partial charge in [-0.25, -0.2) is 4.39 Å². The average Bonchev–Trinajstić information content (AvgIpc) is 2.34. The number of methoxy groups -OCH3 is 1. The van der Waals surface area contributed by atoms with Crippen molar-refractivity contribution in [3.63, 3.8) is 0 Å². The molecule has 0 unspecified atom stereocenters. The molecule has 3 N–H and O–H groups in total. The third-order valence-electron chi connectivity index (χ3n) is 2.10. The Kier molecular flexibility index (Phi) is 5.16. The predicted octanol–water partition coefficient (Wildman–Crippen LogP) is 1.08. The van der Waals surface area contributed by atoms with Crippen LogP contribution in [0.1, 0.15) is 10.4 Å². The highest BCUT2D eigenvalue weighted by Crippen LogP contribution is 2.17. The quantitative estimate of drug-likeness (QED) is 0.754. The van der Waals surface area contributed by atoms with Crippen LogP contribution in [0, 0.1) is 5.82 Å². The van der Waals surface area contributed by atoms with E-state index in [0.717, 1.165) is 6.07 Å². The van der Waals surface area contributed by atoms with Crippen LogP contribution in [0.2, 0.25) is 0 Å². The maximum Gasteiger partial charge on any atom is 0.251 e. The van der Waals surface area contributed by atoms with E-state index in [2.05, 4.69) is 5.32 Å². The number of nitrogens with two attached hydrogens (primary N) is 1. The van der Waals surface area contributed by atoms with Crippen LogP contribution in [0.5, 0.6) is 5.75 Å². The Hall–Kier alpha value is -1.88. The van der Waals surface area contributed by atoms with Crippen LogP contribution in [0.15, 0.2) is 30.4 Å². The molecule has 0 aliphatic rings. The first-order valence-corrected chi connectivity index (χ1v) is 5.16. The molecule has 0 heterocycles. The van der Waals surface area contributed by atoms with Gasteiger partial charge in [-0.2, -0.15) is 0 Å². The molecule has 0 atom stereocenters. The van der Waals surface area contributed by atoms with Gasteiger partial charge in [0.25, 0.3) is 5.91 Å². The van der Waals surface area contributed by atoms with E-state index in [9.17, 15) is 9.18 Å². The largest absolute Gasteiger partial charge is 0.494 e. The first-order chi connectivity index (χ1) is 8.19. The lowest BCUT2D eigenvalue weighted by atomic mass is 10.2. The van der Waals surface area contributed by atoms with Gasteiger partial charge in [-0.1, -0.05) is 12.2 Å². The smallest absolute Gasteiger partial charge is 0.251 e. The minimum atomic E-state index is -0.558. The van der Waals surface area contributed by atoms with Crippen LogP contribution in [0.4, 0.5) is 4.39 Å². The summed E-state index contributed by atoms with van der Waals surface area (Å²) in [7, 11) is 1.37. The fraction of sp³-hybridized carbons (Fsp3) is 0.250. The second-order valence-corrected chi connectivity index (χ2v) is 3.27. The predicted molar refractivity (Wildman–Crippen MR) is 63.5 cm³/mol. The summed E-state index contributed by atoms with van der Waals surface area (Å²) in [6.07, 6.45) is 3.46. The van der Waals surface area contributed by atoms with E-state index in [1.165, 1.54) is 19.2 Å². The summed E-state index contributed by atoms with van der Waals surface area (Å²) in [6, 6.07) is 4.06. The van der Waals surface area contributed by atoms with Crippen molar-refractivity contribution in [1.82, 2.24) is 5.32 Å². The van der Waals surface area contributed by atoms with Crippen LogP contribution in [0.25, 0.3) is 0 Å². The standard InChI is InChI=1S/C12H15FN2O2/c1-17-11-5-4-9(8-10(11)13)12(16)15-7-3-2-6-14/h2-5,8H,6-7,14H2,1H3,(H,15,16)/b3-2+. The Morgan fingerprint density at radius 2 is 2.29 bits per heavy atom. The van der Waals surface area contributed by atoms with E-state index in [1.807, 2.05) is 0 Å². The molecule has 0 fully saturated rings. The second-order valence-electron chi connectivity index (χ2n) is 3.27. The molecule has 0 saturated heterocycles. The van der Waals surface area contributed by atoms with E-state index >= 15 is 0 Å². The average molecular weight is 238 g/mol. The summed E-state index contributed by atoms with van der Waals surface area (Å²) in [5.41, 5.74) is 5.50. The fourth-order valence-corrected chi connectivity index (χ4v) is 1.24. The third-order valence-corrected chi connectivity index (χ3v) is 2.10. The molecule has 0 radical (unpaired) electrons. The lowest BCUT2D eigenvalue weighted by Crippen LogP contribution is -2.23. The van der Waals surface area contributed by atoms with Gasteiger partial charge >= 0.3 is 0 Å². The van der Waals surface area contributed by atoms with E-state index < -0.39 is 5.82 Å². The first-order valence-electron chi connectivity index (χ1n) is 5.16. The van der Waals surface area contributed by atoms with Crippen LogP contribution >= 0.6 is 0 Å². The minimum Gasteiger partial charge on any atom is -0.494 e. The highest BCUT2D eigenvalue weighted by Gasteiger charge is 2.08. The first kappa shape index (κ1) is 13.2. The molecule has 17 heavy (non-hydrogen) atoms. The van der Waals surface area contributed by atoms with Crippen molar-refractivity contribution in [3.8, 4) is 5.75 Å². The molecule has 0 saturated carbocycles. The van der Waals surface area contributed by atoms with Gasteiger partial charge in [0.1, 0.15) is 0 Å².